The van der Waals surface area contributed by atoms with Gasteiger partial charge in [-0.25, -0.2) is 0 Å². The van der Waals surface area contributed by atoms with Crippen molar-refractivity contribution in [3.63, 3.8) is 0 Å². The van der Waals surface area contributed by atoms with Gasteiger partial charge in [0.15, 0.2) is 5.76 Å². The van der Waals surface area contributed by atoms with Crippen LogP contribution in [0, 0.1) is 11.3 Å². The van der Waals surface area contributed by atoms with Crippen molar-refractivity contribution in [2.75, 3.05) is 0 Å². The van der Waals surface area contributed by atoms with E-state index in [-0.39, 0.29) is 11.3 Å². The summed E-state index contributed by atoms with van der Waals surface area (Å²) in [6, 6.07) is 12.8. The van der Waals surface area contributed by atoms with Gasteiger partial charge in [-0.2, -0.15) is 5.26 Å². The number of nitrogens with zero attached hydrogens (tertiary/aromatic N) is 2. The van der Waals surface area contributed by atoms with E-state index in [1.165, 1.54) is 0 Å². The Bertz CT molecular complexity index is 567. The number of aliphatic hydroxyl groups is 1. The first-order chi connectivity index (χ1) is 8.22. The monoisotopic (exact) mass is 226 g/mol. The molecule has 0 aliphatic carbocycles. The van der Waals surface area contributed by atoms with Gasteiger partial charge in [-0.15, -0.1) is 0 Å². The van der Waals surface area contributed by atoms with E-state index in [1.54, 1.807) is 12.1 Å². The predicted octanol–water partition coefficient (Wildman–Crippen LogP) is 2.45. The van der Waals surface area contributed by atoms with Gasteiger partial charge in [0.05, 0.1) is 11.6 Å². The van der Waals surface area contributed by atoms with Crippen molar-refractivity contribution in [2.24, 2.45) is 0 Å². The molecular weight excluding hydrogens is 216 g/mol. The van der Waals surface area contributed by atoms with E-state index >= 15 is 0 Å². The molecule has 4 heteroatoms. The maximum atomic E-state index is 9.70. The van der Waals surface area contributed by atoms with Gasteiger partial charge in [0.25, 0.3) is 0 Å². The summed E-state index contributed by atoms with van der Waals surface area (Å²) in [6.45, 7) is 3.44. The standard InChI is InChI=1S/C13H10N2O2/c1-9(8-14)13(16)11-7-12(17-15-11)10-5-3-2-4-6-10/h2-7,13,16H,1H2. The van der Waals surface area contributed by atoms with E-state index in [0.717, 1.165) is 5.56 Å². The van der Waals surface area contributed by atoms with Gasteiger partial charge in [0.1, 0.15) is 11.8 Å². The third kappa shape index (κ3) is 2.25. The SMILES string of the molecule is C=C(C#N)C(O)c1cc(-c2ccccc2)on1. The molecule has 0 saturated carbocycles. The fourth-order valence-electron chi connectivity index (χ4n) is 1.40. The fraction of sp³-hybridized carbons (Fsp3) is 0.0769. The number of hydrogen-bond donors (Lipinski definition) is 1. The summed E-state index contributed by atoms with van der Waals surface area (Å²) in [5.41, 5.74) is 1.19. The number of nitriles is 1. The van der Waals surface area contributed by atoms with Crippen LogP contribution in [-0.4, -0.2) is 10.3 Å². The highest BCUT2D eigenvalue weighted by Gasteiger charge is 2.16. The molecule has 0 amide bonds. The summed E-state index contributed by atoms with van der Waals surface area (Å²) in [6.07, 6.45) is -1.11. The molecule has 0 aliphatic heterocycles. The number of aliphatic hydroxyl groups excluding tert-OH is 1. The van der Waals surface area contributed by atoms with Crippen LogP contribution in [-0.2, 0) is 0 Å². The van der Waals surface area contributed by atoms with Gasteiger partial charge in [-0.3, -0.25) is 0 Å². The average molecular weight is 226 g/mol. The summed E-state index contributed by atoms with van der Waals surface area (Å²) >= 11 is 0. The molecule has 0 radical (unpaired) electrons. The molecular formula is C13H10N2O2. The lowest BCUT2D eigenvalue weighted by Crippen LogP contribution is -1.98. The molecule has 1 unspecified atom stereocenters. The maximum absolute atomic E-state index is 9.70. The molecule has 0 aliphatic rings. The third-order valence-corrected chi connectivity index (χ3v) is 2.34. The molecule has 1 atom stereocenters. The Hall–Kier alpha value is -2.38. The van der Waals surface area contributed by atoms with Crippen LogP contribution in [0.25, 0.3) is 11.3 Å². The Kier molecular flexibility index (Phi) is 3.03. The molecule has 1 aromatic carbocycles. The molecule has 1 aromatic heterocycles. The van der Waals surface area contributed by atoms with Gasteiger partial charge in [-0.1, -0.05) is 42.1 Å². The number of benzene rings is 1. The first-order valence-electron chi connectivity index (χ1n) is 5.01. The van der Waals surface area contributed by atoms with Crippen LogP contribution < -0.4 is 0 Å². The molecule has 1 N–H and O–H groups in total. The van der Waals surface area contributed by atoms with Gasteiger partial charge >= 0.3 is 0 Å². The van der Waals surface area contributed by atoms with Gasteiger partial charge in [0.2, 0.25) is 0 Å². The lowest BCUT2D eigenvalue weighted by atomic mass is 10.1. The highest BCUT2D eigenvalue weighted by Crippen LogP contribution is 2.25. The Morgan fingerprint density at radius 2 is 2.12 bits per heavy atom. The minimum absolute atomic E-state index is 0.0397. The van der Waals surface area contributed by atoms with E-state index < -0.39 is 6.10 Å². The molecule has 1 heterocycles. The van der Waals surface area contributed by atoms with Gasteiger partial charge in [-0.05, 0) is 0 Å². The molecule has 2 aromatic rings. The summed E-state index contributed by atoms with van der Waals surface area (Å²) in [7, 11) is 0. The maximum Gasteiger partial charge on any atom is 0.167 e. The highest BCUT2D eigenvalue weighted by molar-refractivity contribution is 5.57. The van der Waals surface area contributed by atoms with E-state index in [4.69, 9.17) is 9.78 Å². The first kappa shape index (κ1) is 11.1. The van der Waals surface area contributed by atoms with Crippen LogP contribution in [0.1, 0.15) is 11.8 Å². The third-order valence-electron chi connectivity index (χ3n) is 2.34. The van der Waals surface area contributed by atoms with Crippen LogP contribution in [0.2, 0.25) is 0 Å². The average Bonchev–Trinajstić information content (AvgIpc) is 2.87. The first-order valence-corrected chi connectivity index (χ1v) is 5.01. The lowest BCUT2D eigenvalue weighted by molar-refractivity contribution is 0.209. The Morgan fingerprint density at radius 1 is 1.41 bits per heavy atom. The van der Waals surface area contributed by atoms with Gasteiger partial charge < -0.3 is 9.63 Å². The van der Waals surface area contributed by atoms with Crippen molar-refractivity contribution in [3.8, 4) is 17.4 Å². The minimum atomic E-state index is -1.11. The normalized spacial score (nSPS) is 11.8. The molecule has 2 rings (SSSR count). The van der Waals surface area contributed by atoms with Gasteiger partial charge in [0, 0.05) is 11.6 Å². The fourth-order valence-corrected chi connectivity index (χ4v) is 1.40. The quantitative estimate of drug-likeness (QED) is 0.816. The van der Waals surface area contributed by atoms with Crippen LogP contribution in [0.15, 0.2) is 53.1 Å². The predicted molar refractivity (Wildman–Crippen MR) is 61.7 cm³/mol. The van der Waals surface area contributed by atoms with Crippen molar-refractivity contribution in [1.82, 2.24) is 5.16 Å². The van der Waals surface area contributed by atoms with Crippen molar-refractivity contribution >= 4 is 0 Å². The van der Waals surface area contributed by atoms with Crippen molar-refractivity contribution < 1.29 is 9.63 Å². The molecule has 84 valence electrons. The van der Waals surface area contributed by atoms with E-state index in [0.29, 0.717) is 5.76 Å². The largest absolute Gasteiger partial charge is 0.381 e. The topological polar surface area (TPSA) is 70.0 Å². The molecule has 0 saturated heterocycles. The Balaban J connectivity index is 2.29. The zero-order valence-corrected chi connectivity index (χ0v) is 9.00. The Morgan fingerprint density at radius 3 is 2.76 bits per heavy atom. The van der Waals surface area contributed by atoms with E-state index in [2.05, 4.69) is 11.7 Å². The van der Waals surface area contributed by atoms with E-state index in [1.807, 2.05) is 30.3 Å². The van der Waals surface area contributed by atoms with Crippen molar-refractivity contribution in [3.05, 3.63) is 54.2 Å². The minimum Gasteiger partial charge on any atom is -0.381 e. The van der Waals surface area contributed by atoms with Crippen LogP contribution in [0.4, 0.5) is 0 Å². The molecule has 0 bridgehead atoms. The molecule has 4 nitrogen and oxygen atoms in total. The molecule has 0 spiro atoms. The van der Waals surface area contributed by atoms with Crippen molar-refractivity contribution in [1.29, 1.82) is 5.26 Å². The second kappa shape index (κ2) is 4.64. The van der Waals surface area contributed by atoms with E-state index in [9.17, 15) is 5.11 Å². The molecule has 0 fully saturated rings. The zero-order valence-electron chi connectivity index (χ0n) is 9.00. The lowest BCUT2D eigenvalue weighted by Gasteiger charge is -2.01. The van der Waals surface area contributed by atoms with Crippen LogP contribution in [0.3, 0.4) is 0 Å². The molecule has 17 heavy (non-hydrogen) atoms. The number of rotatable bonds is 3. The summed E-state index contributed by atoms with van der Waals surface area (Å²) < 4.78 is 5.11. The second-order valence-corrected chi connectivity index (χ2v) is 3.52. The van der Waals surface area contributed by atoms with Crippen LogP contribution >= 0.6 is 0 Å². The Labute approximate surface area is 98.4 Å². The highest BCUT2D eigenvalue weighted by atomic mass is 16.5. The zero-order chi connectivity index (χ0) is 12.3. The van der Waals surface area contributed by atoms with Crippen LogP contribution in [0.5, 0.6) is 0 Å². The summed E-state index contributed by atoms with van der Waals surface area (Å²) in [4.78, 5) is 0. The summed E-state index contributed by atoms with van der Waals surface area (Å²) in [5.74, 6) is 0.547. The number of aromatic nitrogens is 1. The number of hydrogen-bond acceptors (Lipinski definition) is 4. The van der Waals surface area contributed by atoms with Crippen molar-refractivity contribution in [2.45, 2.75) is 6.10 Å². The second-order valence-electron chi connectivity index (χ2n) is 3.52. The smallest absolute Gasteiger partial charge is 0.167 e. The summed E-state index contributed by atoms with van der Waals surface area (Å²) in [5, 5.41) is 22.1.